The molecule has 2 atom stereocenters. The first-order valence-corrected chi connectivity index (χ1v) is 8.84. The summed E-state index contributed by atoms with van der Waals surface area (Å²) in [5.74, 6) is 0.252. The van der Waals surface area contributed by atoms with Crippen LogP contribution in [-0.4, -0.2) is 56.4 Å². The van der Waals surface area contributed by atoms with Crippen LogP contribution < -0.4 is 16.2 Å². The lowest BCUT2D eigenvalue weighted by Gasteiger charge is -2.41. The summed E-state index contributed by atoms with van der Waals surface area (Å²) in [4.78, 5) is 2.49. The van der Waals surface area contributed by atoms with Crippen LogP contribution in [0.4, 0.5) is 4.39 Å². The molecule has 3 rings (SSSR count). The number of rotatable bonds is 6. The van der Waals surface area contributed by atoms with Crippen molar-refractivity contribution >= 4 is 0 Å². The fourth-order valence-electron chi connectivity index (χ4n) is 3.60. The Labute approximate surface area is 143 Å². The molecule has 2 heterocycles. The van der Waals surface area contributed by atoms with Gasteiger partial charge in [-0.05, 0) is 31.5 Å². The molecule has 5 nitrogen and oxygen atoms in total. The fourth-order valence-corrected chi connectivity index (χ4v) is 3.60. The van der Waals surface area contributed by atoms with Crippen LogP contribution in [0.3, 0.4) is 0 Å². The van der Waals surface area contributed by atoms with Crippen molar-refractivity contribution in [2.45, 2.75) is 25.4 Å². The van der Waals surface area contributed by atoms with Gasteiger partial charge in [0.1, 0.15) is 5.82 Å². The molecule has 134 valence electrons. The zero-order valence-electron chi connectivity index (χ0n) is 14.6. The number of hydrogen-bond acceptors (Lipinski definition) is 5. The lowest BCUT2D eigenvalue weighted by molar-refractivity contribution is -0.00977. The molecule has 6 heteroatoms. The number of morpholine rings is 1. The van der Waals surface area contributed by atoms with Gasteiger partial charge in [0.15, 0.2) is 0 Å². The minimum Gasteiger partial charge on any atom is -0.379 e. The first-order chi connectivity index (χ1) is 11.6. The zero-order chi connectivity index (χ0) is 17.0. The third-order valence-electron chi connectivity index (χ3n) is 5.15. The van der Waals surface area contributed by atoms with Crippen molar-refractivity contribution in [1.29, 1.82) is 0 Å². The van der Waals surface area contributed by atoms with Crippen LogP contribution >= 0.6 is 0 Å². The molecule has 2 aliphatic heterocycles. The SMILES string of the molecule is CC(C)(CNCC1CNNC1c1ccc(F)cc1)N1CCOCC1. The summed E-state index contributed by atoms with van der Waals surface area (Å²) in [7, 11) is 0. The summed E-state index contributed by atoms with van der Waals surface area (Å²) in [5.41, 5.74) is 7.80. The first-order valence-electron chi connectivity index (χ1n) is 8.84. The highest BCUT2D eigenvalue weighted by atomic mass is 19.1. The summed E-state index contributed by atoms with van der Waals surface area (Å²) in [6.45, 7) is 11.0. The Morgan fingerprint density at radius 2 is 1.96 bits per heavy atom. The average Bonchev–Trinajstić information content (AvgIpc) is 3.05. The highest BCUT2D eigenvalue weighted by molar-refractivity contribution is 5.21. The average molecular weight is 336 g/mol. The minimum atomic E-state index is -0.188. The molecular weight excluding hydrogens is 307 g/mol. The fraction of sp³-hybridized carbons (Fsp3) is 0.667. The van der Waals surface area contributed by atoms with Gasteiger partial charge in [-0.15, -0.1) is 0 Å². The number of halogens is 1. The maximum Gasteiger partial charge on any atom is 0.123 e. The third-order valence-corrected chi connectivity index (χ3v) is 5.15. The van der Waals surface area contributed by atoms with Gasteiger partial charge in [0.05, 0.1) is 19.3 Å². The van der Waals surface area contributed by atoms with Crippen molar-refractivity contribution in [3.63, 3.8) is 0 Å². The van der Waals surface area contributed by atoms with E-state index >= 15 is 0 Å². The zero-order valence-corrected chi connectivity index (χ0v) is 14.6. The van der Waals surface area contributed by atoms with Gasteiger partial charge >= 0.3 is 0 Å². The molecule has 2 saturated heterocycles. The summed E-state index contributed by atoms with van der Waals surface area (Å²) >= 11 is 0. The lowest BCUT2D eigenvalue weighted by atomic mass is 9.94. The molecule has 0 aromatic heterocycles. The van der Waals surface area contributed by atoms with Crippen molar-refractivity contribution in [2.75, 3.05) is 45.9 Å². The Morgan fingerprint density at radius 3 is 2.67 bits per heavy atom. The topological polar surface area (TPSA) is 48.6 Å². The maximum absolute atomic E-state index is 13.1. The van der Waals surface area contributed by atoms with E-state index in [1.165, 1.54) is 12.1 Å². The van der Waals surface area contributed by atoms with Crippen LogP contribution in [0.15, 0.2) is 24.3 Å². The predicted octanol–water partition coefficient (Wildman–Crippen LogP) is 1.29. The van der Waals surface area contributed by atoms with Crippen molar-refractivity contribution in [1.82, 2.24) is 21.1 Å². The summed E-state index contributed by atoms with van der Waals surface area (Å²) in [6.07, 6.45) is 0. The van der Waals surface area contributed by atoms with Crippen molar-refractivity contribution in [3.8, 4) is 0 Å². The van der Waals surface area contributed by atoms with Gasteiger partial charge in [0, 0.05) is 44.2 Å². The number of hydrazine groups is 1. The van der Waals surface area contributed by atoms with E-state index in [1.807, 2.05) is 12.1 Å². The Hall–Kier alpha value is -1.05. The minimum absolute atomic E-state index is 0.120. The molecule has 3 N–H and O–H groups in total. The first kappa shape index (κ1) is 17.8. The molecular formula is C18H29FN4O. The van der Waals surface area contributed by atoms with E-state index < -0.39 is 0 Å². The highest BCUT2D eigenvalue weighted by Crippen LogP contribution is 2.25. The molecule has 0 spiro atoms. The third kappa shape index (κ3) is 4.32. The largest absolute Gasteiger partial charge is 0.379 e. The summed E-state index contributed by atoms with van der Waals surface area (Å²) < 4.78 is 18.6. The van der Waals surface area contributed by atoms with E-state index in [-0.39, 0.29) is 17.4 Å². The molecule has 1 aromatic carbocycles. The second-order valence-corrected chi connectivity index (χ2v) is 7.36. The van der Waals surface area contributed by atoms with Gasteiger partial charge in [0.2, 0.25) is 0 Å². The second-order valence-electron chi connectivity index (χ2n) is 7.36. The van der Waals surface area contributed by atoms with Crippen LogP contribution in [-0.2, 0) is 4.74 Å². The van der Waals surface area contributed by atoms with E-state index in [4.69, 9.17) is 4.74 Å². The lowest BCUT2D eigenvalue weighted by Crippen LogP contribution is -2.55. The molecule has 0 radical (unpaired) electrons. The molecule has 2 unspecified atom stereocenters. The smallest absolute Gasteiger partial charge is 0.123 e. The van der Waals surface area contributed by atoms with Crippen molar-refractivity contribution < 1.29 is 9.13 Å². The van der Waals surface area contributed by atoms with E-state index in [0.29, 0.717) is 5.92 Å². The number of nitrogens with zero attached hydrogens (tertiary/aromatic N) is 1. The van der Waals surface area contributed by atoms with Gasteiger partial charge < -0.3 is 10.1 Å². The van der Waals surface area contributed by atoms with Gasteiger partial charge in [-0.3, -0.25) is 10.3 Å². The predicted molar refractivity (Wildman–Crippen MR) is 93.1 cm³/mol. The number of benzene rings is 1. The van der Waals surface area contributed by atoms with Crippen LogP contribution in [0.1, 0.15) is 25.5 Å². The van der Waals surface area contributed by atoms with Gasteiger partial charge in [0.25, 0.3) is 0 Å². The monoisotopic (exact) mass is 336 g/mol. The number of ether oxygens (including phenoxy) is 1. The van der Waals surface area contributed by atoms with E-state index in [2.05, 4.69) is 34.9 Å². The van der Waals surface area contributed by atoms with Crippen molar-refractivity contribution in [2.24, 2.45) is 5.92 Å². The Bertz CT molecular complexity index is 516. The molecule has 1 aromatic rings. The molecule has 0 amide bonds. The summed E-state index contributed by atoms with van der Waals surface area (Å²) in [6, 6.07) is 7.00. The van der Waals surface area contributed by atoms with E-state index in [9.17, 15) is 4.39 Å². The van der Waals surface area contributed by atoms with Crippen LogP contribution in [0.5, 0.6) is 0 Å². The Morgan fingerprint density at radius 1 is 1.25 bits per heavy atom. The Balaban J connectivity index is 1.51. The number of hydrogen-bond donors (Lipinski definition) is 3. The normalized spacial score (nSPS) is 26.0. The van der Waals surface area contributed by atoms with E-state index in [0.717, 1.165) is 51.5 Å². The summed E-state index contributed by atoms with van der Waals surface area (Å²) in [5, 5.41) is 3.64. The molecule has 24 heavy (non-hydrogen) atoms. The molecule has 0 saturated carbocycles. The van der Waals surface area contributed by atoms with Gasteiger partial charge in [-0.1, -0.05) is 12.1 Å². The van der Waals surface area contributed by atoms with Gasteiger partial charge in [-0.25, -0.2) is 9.82 Å². The highest BCUT2D eigenvalue weighted by Gasteiger charge is 2.31. The Kier molecular flexibility index (Phi) is 5.84. The van der Waals surface area contributed by atoms with Crippen LogP contribution in [0, 0.1) is 11.7 Å². The van der Waals surface area contributed by atoms with Crippen LogP contribution in [0.2, 0.25) is 0 Å². The standard InChI is InChI=1S/C18H29FN4O/c1-18(2,23-7-9-24-10-8-23)13-20-11-15-12-21-22-17(15)14-3-5-16(19)6-4-14/h3-6,15,17,20-22H,7-13H2,1-2H3. The molecule has 2 fully saturated rings. The second kappa shape index (κ2) is 7.89. The van der Waals surface area contributed by atoms with Crippen LogP contribution in [0.25, 0.3) is 0 Å². The number of nitrogens with one attached hydrogen (secondary N) is 3. The van der Waals surface area contributed by atoms with Crippen molar-refractivity contribution in [3.05, 3.63) is 35.6 Å². The molecule has 2 aliphatic rings. The maximum atomic E-state index is 13.1. The van der Waals surface area contributed by atoms with Gasteiger partial charge in [-0.2, -0.15) is 0 Å². The quantitative estimate of drug-likeness (QED) is 0.731. The molecule has 0 bridgehead atoms. The molecule has 0 aliphatic carbocycles. The van der Waals surface area contributed by atoms with E-state index in [1.54, 1.807) is 0 Å².